The van der Waals surface area contributed by atoms with Crippen LogP contribution in [0, 0.1) is 11.3 Å². The van der Waals surface area contributed by atoms with Gasteiger partial charge in [-0.2, -0.15) is 5.26 Å². The van der Waals surface area contributed by atoms with Crippen LogP contribution in [0.25, 0.3) is 0 Å². The lowest BCUT2D eigenvalue weighted by Crippen LogP contribution is -2.17. The Morgan fingerprint density at radius 2 is 2.11 bits per heavy atom. The first-order valence-corrected chi connectivity index (χ1v) is 6.96. The molecule has 0 aliphatic carbocycles. The number of nitriles is 1. The number of rotatable bonds is 6. The molecular formula is C13H13BrClN3O. The minimum absolute atomic E-state index is 0.0255. The van der Waals surface area contributed by atoms with Crippen LogP contribution in [-0.2, 0) is 4.79 Å². The molecule has 0 saturated carbocycles. The normalized spacial score (nSPS) is 10.7. The van der Waals surface area contributed by atoms with Crippen LogP contribution in [-0.4, -0.2) is 18.3 Å². The van der Waals surface area contributed by atoms with Gasteiger partial charge in [0.05, 0.1) is 0 Å². The van der Waals surface area contributed by atoms with Crippen LogP contribution in [0.2, 0.25) is 0 Å². The van der Waals surface area contributed by atoms with Crippen LogP contribution < -0.4 is 10.6 Å². The van der Waals surface area contributed by atoms with E-state index in [0.717, 1.165) is 10.9 Å². The first-order valence-electron chi connectivity index (χ1n) is 5.64. The molecular weight excluding hydrogens is 330 g/mol. The van der Waals surface area contributed by atoms with Gasteiger partial charge >= 0.3 is 0 Å². The molecule has 1 rings (SSSR count). The fraction of sp³-hybridized carbons (Fsp3) is 0.231. The first-order chi connectivity index (χ1) is 9.17. The van der Waals surface area contributed by atoms with Crippen molar-refractivity contribution < 1.29 is 4.79 Å². The zero-order valence-corrected chi connectivity index (χ0v) is 12.5. The van der Waals surface area contributed by atoms with Gasteiger partial charge in [0, 0.05) is 28.8 Å². The number of hydrogen-bond donors (Lipinski definition) is 2. The second-order valence-corrected chi connectivity index (χ2v) is 4.92. The van der Waals surface area contributed by atoms with E-state index in [1.807, 2.05) is 18.2 Å². The van der Waals surface area contributed by atoms with Gasteiger partial charge in [0.15, 0.2) is 0 Å². The summed E-state index contributed by atoms with van der Waals surface area (Å²) in [5.74, 6) is 0.0940. The predicted octanol–water partition coefficient (Wildman–Crippen LogP) is 3.01. The Hall–Kier alpha value is -1.51. The number of nitrogens with one attached hydrogen (secondary N) is 2. The molecule has 100 valence electrons. The predicted molar refractivity (Wildman–Crippen MR) is 79.8 cm³/mol. The Morgan fingerprint density at radius 1 is 1.42 bits per heavy atom. The summed E-state index contributed by atoms with van der Waals surface area (Å²) in [5.41, 5.74) is 0.660. The van der Waals surface area contributed by atoms with Gasteiger partial charge in [-0.25, -0.2) is 0 Å². The standard InChI is InChI=1S/C13H13BrClN3O/c14-11-2-4-12(5-3-11)18-13(19)10(8-16)9-17-7-1-6-15/h2-5,9,17H,1,6-7H2,(H,18,19)/b10-9-. The molecule has 0 aliphatic rings. The van der Waals surface area contributed by atoms with Crippen LogP contribution in [0.4, 0.5) is 5.69 Å². The first kappa shape index (κ1) is 15.5. The van der Waals surface area contributed by atoms with Gasteiger partial charge in [0.1, 0.15) is 11.6 Å². The van der Waals surface area contributed by atoms with E-state index < -0.39 is 5.91 Å². The third kappa shape index (κ3) is 5.77. The molecule has 0 atom stereocenters. The highest BCUT2D eigenvalue weighted by Crippen LogP contribution is 2.14. The fourth-order valence-electron chi connectivity index (χ4n) is 1.22. The molecule has 0 fully saturated rings. The summed E-state index contributed by atoms with van der Waals surface area (Å²) in [7, 11) is 0. The summed E-state index contributed by atoms with van der Waals surface area (Å²) in [5, 5.41) is 14.4. The molecule has 0 bridgehead atoms. The lowest BCUT2D eigenvalue weighted by molar-refractivity contribution is -0.112. The van der Waals surface area contributed by atoms with Crippen molar-refractivity contribution in [3.05, 3.63) is 40.5 Å². The summed E-state index contributed by atoms with van der Waals surface area (Å²) < 4.78 is 0.921. The third-order valence-electron chi connectivity index (χ3n) is 2.17. The van der Waals surface area contributed by atoms with Crippen molar-refractivity contribution in [1.29, 1.82) is 5.26 Å². The van der Waals surface area contributed by atoms with Crippen LogP contribution in [0.15, 0.2) is 40.5 Å². The molecule has 1 aromatic rings. The highest BCUT2D eigenvalue weighted by molar-refractivity contribution is 9.10. The Morgan fingerprint density at radius 3 is 2.68 bits per heavy atom. The zero-order chi connectivity index (χ0) is 14.1. The molecule has 2 N–H and O–H groups in total. The molecule has 1 amide bonds. The number of carbonyl (C=O) groups excluding carboxylic acids is 1. The van der Waals surface area contributed by atoms with Crippen molar-refractivity contribution in [3.8, 4) is 6.07 Å². The van der Waals surface area contributed by atoms with Gasteiger partial charge in [-0.15, -0.1) is 11.6 Å². The number of alkyl halides is 1. The molecule has 6 heteroatoms. The van der Waals surface area contributed by atoms with Gasteiger partial charge in [0.2, 0.25) is 0 Å². The summed E-state index contributed by atoms with van der Waals surface area (Å²) in [6.07, 6.45) is 2.17. The molecule has 0 heterocycles. The van der Waals surface area contributed by atoms with Gasteiger partial charge < -0.3 is 10.6 Å². The monoisotopic (exact) mass is 341 g/mol. The number of anilines is 1. The maximum Gasteiger partial charge on any atom is 0.267 e. The molecule has 0 spiro atoms. The molecule has 19 heavy (non-hydrogen) atoms. The second kappa shape index (κ2) is 8.57. The molecule has 4 nitrogen and oxygen atoms in total. The zero-order valence-electron chi connectivity index (χ0n) is 10.1. The van der Waals surface area contributed by atoms with Crippen LogP contribution in [0.5, 0.6) is 0 Å². The Labute approximate surface area is 125 Å². The molecule has 0 unspecified atom stereocenters. The number of carbonyl (C=O) groups is 1. The number of nitrogens with zero attached hydrogens (tertiary/aromatic N) is 1. The van der Waals surface area contributed by atoms with E-state index in [4.69, 9.17) is 16.9 Å². The van der Waals surface area contributed by atoms with Crippen LogP contribution in [0.3, 0.4) is 0 Å². The molecule has 0 aliphatic heterocycles. The quantitative estimate of drug-likeness (QED) is 0.361. The number of halogens is 2. The smallest absolute Gasteiger partial charge is 0.267 e. The SMILES string of the molecule is N#C/C(=C/NCCCCl)C(=O)Nc1ccc(Br)cc1. The molecule has 0 saturated heterocycles. The van der Waals surface area contributed by atoms with E-state index in [0.29, 0.717) is 18.1 Å². The third-order valence-corrected chi connectivity index (χ3v) is 2.96. The average molecular weight is 343 g/mol. The average Bonchev–Trinajstić information content (AvgIpc) is 2.41. The van der Waals surface area contributed by atoms with Crippen LogP contribution in [0.1, 0.15) is 6.42 Å². The Balaban J connectivity index is 2.59. The van der Waals surface area contributed by atoms with E-state index in [9.17, 15) is 4.79 Å². The summed E-state index contributed by atoms with van der Waals surface area (Å²) in [6.45, 7) is 0.625. The fourth-order valence-corrected chi connectivity index (χ4v) is 1.62. The Bertz CT molecular complexity index is 494. The van der Waals surface area contributed by atoms with Gasteiger partial charge in [-0.05, 0) is 30.7 Å². The van der Waals surface area contributed by atoms with E-state index in [1.165, 1.54) is 6.20 Å². The van der Waals surface area contributed by atoms with Gasteiger partial charge in [-0.3, -0.25) is 4.79 Å². The van der Waals surface area contributed by atoms with E-state index in [-0.39, 0.29) is 5.57 Å². The molecule has 0 aromatic heterocycles. The molecule has 1 aromatic carbocycles. The van der Waals surface area contributed by atoms with E-state index >= 15 is 0 Å². The summed E-state index contributed by atoms with van der Waals surface area (Å²) in [4.78, 5) is 11.8. The van der Waals surface area contributed by atoms with E-state index in [1.54, 1.807) is 12.1 Å². The minimum Gasteiger partial charge on any atom is -0.390 e. The number of hydrogen-bond acceptors (Lipinski definition) is 3. The molecule has 0 radical (unpaired) electrons. The maximum atomic E-state index is 11.8. The van der Waals surface area contributed by atoms with Crippen molar-refractivity contribution in [2.24, 2.45) is 0 Å². The van der Waals surface area contributed by atoms with Crippen molar-refractivity contribution >= 4 is 39.1 Å². The summed E-state index contributed by atoms with van der Waals surface area (Å²) >= 11 is 8.83. The van der Waals surface area contributed by atoms with Crippen molar-refractivity contribution in [1.82, 2.24) is 5.32 Å². The highest BCUT2D eigenvalue weighted by Gasteiger charge is 2.08. The lowest BCUT2D eigenvalue weighted by Gasteiger charge is -2.04. The topological polar surface area (TPSA) is 64.9 Å². The lowest BCUT2D eigenvalue weighted by atomic mass is 10.2. The van der Waals surface area contributed by atoms with Gasteiger partial charge in [-0.1, -0.05) is 15.9 Å². The van der Waals surface area contributed by atoms with Gasteiger partial charge in [0.25, 0.3) is 5.91 Å². The summed E-state index contributed by atoms with van der Waals surface area (Å²) in [6, 6.07) is 8.97. The minimum atomic E-state index is -0.441. The van der Waals surface area contributed by atoms with Crippen molar-refractivity contribution in [3.63, 3.8) is 0 Å². The van der Waals surface area contributed by atoms with E-state index in [2.05, 4.69) is 26.6 Å². The number of benzene rings is 1. The van der Waals surface area contributed by atoms with Crippen molar-refractivity contribution in [2.75, 3.05) is 17.7 Å². The van der Waals surface area contributed by atoms with Crippen molar-refractivity contribution in [2.45, 2.75) is 6.42 Å². The second-order valence-electron chi connectivity index (χ2n) is 3.63. The maximum absolute atomic E-state index is 11.8. The highest BCUT2D eigenvalue weighted by atomic mass is 79.9. The number of amides is 1. The Kier molecular flexibility index (Phi) is 7.01. The largest absolute Gasteiger partial charge is 0.390 e. The van der Waals surface area contributed by atoms with Crippen LogP contribution >= 0.6 is 27.5 Å².